The monoisotopic (exact) mass is 191 g/mol. The number of benzene rings is 1. The predicted molar refractivity (Wildman–Crippen MR) is 63.9 cm³/mol. The summed E-state index contributed by atoms with van der Waals surface area (Å²) in [6, 6.07) is 9.28. The third-order valence-corrected chi connectivity index (χ3v) is 2.55. The maximum absolute atomic E-state index is 3.39. The summed E-state index contributed by atoms with van der Waals surface area (Å²) in [6.45, 7) is 8.81. The van der Waals surface area contributed by atoms with E-state index in [1.807, 2.05) is 0 Å². The van der Waals surface area contributed by atoms with Crippen LogP contribution >= 0.6 is 0 Å². The molecule has 78 valence electrons. The topological polar surface area (TPSA) is 12.0 Å². The Labute approximate surface area is 87.5 Å². The van der Waals surface area contributed by atoms with Crippen LogP contribution in [0.2, 0.25) is 0 Å². The van der Waals surface area contributed by atoms with Crippen LogP contribution in [0.3, 0.4) is 0 Å². The molecule has 1 N–H and O–H groups in total. The molecule has 1 aromatic carbocycles. The van der Waals surface area contributed by atoms with Crippen LogP contribution in [0.15, 0.2) is 24.3 Å². The minimum absolute atomic E-state index is 0.504. The molecule has 0 heterocycles. The summed E-state index contributed by atoms with van der Waals surface area (Å²) in [5.41, 5.74) is 2.65. The molecule has 14 heavy (non-hydrogen) atoms. The van der Waals surface area contributed by atoms with Gasteiger partial charge in [-0.2, -0.15) is 0 Å². The Morgan fingerprint density at radius 3 is 2.07 bits per heavy atom. The number of rotatable bonds is 4. The molecule has 0 aliphatic rings. The smallest absolute Gasteiger partial charge is 0.0342 e. The maximum Gasteiger partial charge on any atom is 0.0342 e. The Kier molecular flexibility index (Phi) is 3.99. The molecule has 1 atom stereocenters. The third-order valence-electron chi connectivity index (χ3n) is 2.55. The van der Waals surface area contributed by atoms with Gasteiger partial charge in [0.2, 0.25) is 0 Å². The summed E-state index contributed by atoms with van der Waals surface area (Å²) in [6.07, 6.45) is 1.21. The van der Waals surface area contributed by atoms with Crippen molar-refractivity contribution in [1.82, 2.24) is 0 Å². The summed E-state index contributed by atoms with van der Waals surface area (Å²) < 4.78 is 0. The van der Waals surface area contributed by atoms with E-state index in [0.717, 1.165) is 0 Å². The van der Waals surface area contributed by atoms with E-state index in [9.17, 15) is 0 Å². The number of hydrogen-bond donors (Lipinski definition) is 1. The average molecular weight is 191 g/mol. The molecule has 1 rings (SSSR count). The van der Waals surface area contributed by atoms with Crippen LogP contribution in [0.1, 0.15) is 45.6 Å². The Bertz CT molecular complexity index is 261. The molecule has 0 aliphatic carbocycles. The molecule has 0 spiro atoms. The lowest BCUT2D eigenvalue weighted by molar-refractivity contribution is 0.733. The first-order valence-corrected chi connectivity index (χ1v) is 5.50. The van der Waals surface area contributed by atoms with Crippen molar-refractivity contribution in [3.05, 3.63) is 29.8 Å². The SMILES string of the molecule is CCC(C)c1ccc(NC(C)C)cc1. The molecule has 0 saturated carbocycles. The zero-order valence-electron chi connectivity index (χ0n) is 9.67. The zero-order valence-corrected chi connectivity index (χ0v) is 9.67. The molecule has 1 aromatic rings. The lowest BCUT2D eigenvalue weighted by atomic mass is 9.98. The van der Waals surface area contributed by atoms with E-state index in [4.69, 9.17) is 0 Å². The largest absolute Gasteiger partial charge is 0.383 e. The lowest BCUT2D eigenvalue weighted by Crippen LogP contribution is -2.09. The van der Waals surface area contributed by atoms with Gasteiger partial charge in [0.1, 0.15) is 0 Å². The van der Waals surface area contributed by atoms with Crippen molar-refractivity contribution in [3.63, 3.8) is 0 Å². The van der Waals surface area contributed by atoms with Gasteiger partial charge in [-0.15, -0.1) is 0 Å². The number of nitrogens with one attached hydrogen (secondary N) is 1. The highest BCUT2D eigenvalue weighted by atomic mass is 14.9. The van der Waals surface area contributed by atoms with Crippen LogP contribution < -0.4 is 5.32 Å². The molecule has 0 radical (unpaired) electrons. The van der Waals surface area contributed by atoms with Gasteiger partial charge in [-0.1, -0.05) is 26.0 Å². The first kappa shape index (κ1) is 11.1. The van der Waals surface area contributed by atoms with Gasteiger partial charge in [0.15, 0.2) is 0 Å². The fourth-order valence-corrected chi connectivity index (χ4v) is 1.48. The van der Waals surface area contributed by atoms with Gasteiger partial charge in [-0.25, -0.2) is 0 Å². The molecule has 0 saturated heterocycles. The molecule has 1 nitrogen and oxygen atoms in total. The normalized spacial score (nSPS) is 12.9. The van der Waals surface area contributed by atoms with Crippen LogP contribution in [0.4, 0.5) is 5.69 Å². The van der Waals surface area contributed by atoms with E-state index in [2.05, 4.69) is 57.3 Å². The highest BCUT2D eigenvalue weighted by molar-refractivity contribution is 5.45. The fourth-order valence-electron chi connectivity index (χ4n) is 1.48. The summed E-state index contributed by atoms with van der Waals surface area (Å²) >= 11 is 0. The van der Waals surface area contributed by atoms with E-state index in [1.54, 1.807) is 0 Å². The molecular formula is C13H21N. The van der Waals surface area contributed by atoms with E-state index in [1.165, 1.54) is 17.7 Å². The van der Waals surface area contributed by atoms with E-state index >= 15 is 0 Å². The molecule has 1 unspecified atom stereocenters. The quantitative estimate of drug-likeness (QED) is 0.758. The second-order valence-corrected chi connectivity index (χ2v) is 4.23. The lowest BCUT2D eigenvalue weighted by Gasteiger charge is -2.12. The van der Waals surface area contributed by atoms with Crippen molar-refractivity contribution in [2.75, 3.05) is 5.32 Å². The van der Waals surface area contributed by atoms with Gasteiger partial charge >= 0.3 is 0 Å². The summed E-state index contributed by atoms with van der Waals surface area (Å²) in [7, 11) is 0. The molecule has 0 amide bonds. The zero-order chi connectivity index (χ0) is 10.6. The highest BCUT2D eigenvalue weighted by Crippen LogP contribution is 2.20. The minimum Gasteiger partial charge on any atom is -0.383 e. The highest BCUT2D eigenvalue weighted by Gasteiger charge is 2.02. The number of anilines is 1. The van der Waals surface area contributed by atoms with E-state index < -0.39 is 0 Å². The second kappa shape index (κ2) is 5.04. The van der Waals surface area contributed by atoms with Crippen molar-refractivity contribution >= 4 is 5.69 Å². The van der Waals surface area contributed by atoms with E-state index in [0.29, 0.717) is 12.0 Å². The first-order chi connectivity index (χ1) is 6.63. The molecule has 1 heteroatoms. The standard InChI is InChI=1S/C13H21N/c1-5-11(4)12-6-8-13(9-7-12)14-10(2)3/h6-11,14H,5H2,1-4H3. The van der Waals surface area contributed by atoms with Crippen molar-refractivity contribution < 1.29 is 0 Å². The Morgan fingerprint density at radius 2 is 1.64 bits per heavy atom. The fraction of sp³-hybridized carbons (Fsp3) is 0.538. The van der Waals surface area contributed by atoms with Gasteiger partial charge < -0.3 is 5.32 Å². The van der Waals surface area contributed by atoms with Crippen LogP contribution in [0.25, 0.3) is 0 Å². The van der Waals surface area contributed by atoms with Crippen molar-refractivity contribution in [2.24, 2.45) is 0 Å². The molecule has 0 bridgehead atoms. The molecule has 0 aromatic heterocycles. The summed E-state index contributed by atoms with van der Waals surface area (Å²) in [5.74, 6) is 0.670. The Morgan fingerprint density at radius 1 is 1.07 bits per heavy atom. The van der Waals surface area contributed by atoms with Crippen molar-refractivity contribution in [3.8, 4) is 0 Å². The van der Waals surface area contributed by atoms with Gasteiger partial charge in [-0.3, -0.25) is 0 Å². The Balaban J connectivity index is 2.68. The summed E-state index contributed by atoms with van der Waals surface area (Å²) in [5, 5.41) is 3.39. The third kappa shape index (κ3) is 3.06. The summed E-state index contributed by atoms with van der Waals surface area (Å²) in [4.78, 5) is 0. The van der Waals surface area contributed by atoms with Crippen LogP contribution in [0, 0.1) is 0 Å². The molecule has 0 fully saturated rings. The number of hydrogen-bond acceptors (Lipinski definition) is 1. The van der Waals surface area contributed by atoms with Gasteiger partial charge in [0, 0.05) is 11.7 Å². The van der Waals surface area contributed by atoms with Crippen LogP contribution in [-0.2, 0) is 0 Å². The molecule has 0 aliphatic heterocycles. The molecular weight excluding hydrogens is 170 g/mol. The second-order valence-electron chi connectivity index (χ2n) is 4.23. The first-order valence-electron chi connectivity index (χ1n) is 5.50. The van der Waals surface area contributed by atoms with Crippen LogP contribution in [-0.4, -0.2) is 6.04 Å². The van der Waals surface area contributed by atoms with Crippen molar-refractivity contribution in [2.45, 2.75) is 46.1 Å². The predicted octanol–water partition coefficient (Wildman–Crippen LogP) is 4.02. The van der Waals surface area contributed by atoms with E-state index in [-0.39, 0.29) is 0 Å². The maximum atomic E-state index is 3.39. The van der Waals surface area contributed by atoms with Crippen molar-refractivity contribution in [1.29, 1.82) is 0 Å². The van der Waals surface area contributed by atoms with Crippen LogP contribution in [0.5, 0.6) is 0 Å². The van der Waals surface area contributed by atoms with Gasteiger partial charge in [0.25, 0.3) is 0 Å². The average Bonchev–Trinajstić information content (AvgIpc) is 2.17. The van der Waals surface area contributed by atoms with Gasteiger partial charge in [-0.05, 0) is 43.9 Å². The van der Waals surface area contributed by atoms with Gasteiger partial charge in [0.05, 0.1) is 0 Å². The minimum atomic E-state index is 0.504. The Hall–Kier alpha value is -0.980.